The van der Waals surface area contributed by atoms with Gasteiger partial charge < -0.3 is 15.2 Å². The summed E-state index contributed by atoms with van der Waals surface area (Å²) in [7, 11) is 1.71. The molecule has 0 heterocycles. The lowest BCUT2D eigenvalue weighted by atomic mass is 9.68. The second-order valence-electron chi connectivity index (χ2n) is 6.71. The van der Waals surface area contributed by atoms with E-state index in [0.29, 0.717) is 17.9 Å². The highest BCUT2D eigenvalue weighted by Crippen LogP contribution is 2.40. The molecule has 1 saturated carbocycles. The lowest BCUT2D eigenvalue weighted by molar-refractivity contribution is 0.105. The maximum absolute atomic E-state index is 9.50. The lowest BCUT2D eigenvalue weighted by Crippen LogP contribution is -2.43. The predicted octanol–water partition coefficient (Wildman–Crippen LogP) is 2.44. The number of methoxy groups -OCH3 is 1. The Hall–Kier alpha value is -0.120. The van der Waals surface area contributed by atoms with E-state index in [1.165, 1.54) is 25.7 Å². The van der Waals surface area contributed by atoms with Crippen LogP contribution in [0.2, 0.25) is 0 Å². The third-order valence-electron chi connectivity index (χ3n) is 4.48. The normalized spacial score (nSPS) is 27.2. The molecule has 1 rings (SSSR count). The summed E-state index contributed by atoms with van der Waals surface area (Å²) in [5, 5.41) is 12.9. The topological polar surface area (TPSA) is 41.5 Å². The van der Waals surface area contributed by atoms with E-state index < -0.39 is 0 Å². The zero-order valence-electron chi connectivity index (χ0n) is 12.5. The van der Waals surface area contributed by atoms with Gasteiger partial charge in [0.25, 0.3) is 0 Å². The molecule has 1 aliphatic rings. The second-order valence-corrected chi connectivity index (χ2v) is 6.71. The van der Waals surface area contributed by atoms with Crippen LogP contribution in [0, 0.1) is 17.3 Å². The Morgan fingerprint density at radius 1 is 1.22 bits per heavy atom. The van der Waals surface area contributed by atoms with Gasteiger partial charge in [0.2, 0.25) is 0 Å². The molecule has 2 N–H and O–H groups in total. The minimum absolute atomic E-state index is 0.245. The molecule has 0 amide bonds. The number of ether oxygens (including phenoxy) is 1. The summed E-state index contributed by atoms with van der Waals surface area (Å²) < 4.78 is 5.04. The van der Waals surface area contributed by atoms with Crippen LogP contribution >= 0.6 is 0 Å². The van der Waals surface area contributed by atoms with E-state index >= 15 is 0 Å². The van der Waals surface area contributed by atoms with E-state index in [1.54, 1.807) is 7.11 Å². The monoisotopic (exact) mass is 257 g/mol. The van der Waals surface area contributed by atoms with Crippen LogP contribution in [0.25, 0.3) is 0 Å². The van der Waals surface area contributed by atoms with Crippen LogP contribution in [-0.4, -0.2) is 38.0 Å². The fraction of sp³-hybridized carbons (Fsp3) is 1.00. The quantitative estimate of drug-likeness (QED) is 0.718. The molecule has 0 radical (unpaired) electrons. The molecule has 0 aliphatic heterocycles. The van der Waals surface area contributed by atoms with Crippen molar-refractivity contribution in [1.82, 2.24) is 5.32 Å². The van der Waals surface area contributed by atoms with Gasteiger partial charge in [-0.2, -0.15) is 0 Å². The number of rotatable bonds is 6. The fourth-order valence-electron chi connectivity index (χ4n) is 3.11. The van der Waals surface area contributed by atoms with Crippen LogP contribution < -0.4 is 5.32 Å². The Bertz CT molecular complexity index is 217. The summed E-state index contributed by atoms with van der Waals surface area (Å²) in [6.45, 7) is 8.83. The van der Waals surface area contributed by atoms with Crippen molar-refractivity contribution in [2.24, 2.45) is 17.3 Å². The molecule has 1 aliphatic carbocycles. The van der Waals surface area contributed by atoms with E-state index in [4.69, 9.17) is 4.74 Å². The smallest absolute Gasteiger partial charge is 0.0587 e. The average Bonchev–Trinajstić information content (AvgIpc) is 2.34. The van der Waals surface area contributed by atoms with Gasteiger partial charge in [0.05, 0.1) is 13.2 Å². The number of aliphatic hydroxyl groups is 1. The summed E-state index contributed by atoms with van der Waals surface area (Å²) >= 11 is 0. The fourth-order valence-corrected chi connectivity index (χ4v) is 3.11. The molecule has 0 saturated heterocycles. The van der Waals surface area contributed by atoms with Gasteiger partial charge in [-0.3, -0.25) is 0 Å². The van der Waals surface area contributed by atoms with Crippen LogP contribution in [0.15, 0.2) is 0 Å². The largest absolute Gasteiger partial charge is 0.395 e. The number of nitrogens with one attached hydrogen (secondary N) is 1. The van der Waals surface area contributed by atoms with Gasteiger partial charge in [-0.25, -0.2) is 0 Å². The molecule has 0 aromatic rings. The summed E-state index contributed by atoms with van der Waals surface area (Å²) in [6.07, 6.45) is 5.09. The van der Waals surface area contributed by atoms with Crippen LogP contribution in [-0.2, 0) is 4.74 Å². The summed E-state index contributed by atoms with van der Waals surface area (Å²) in [4.78, 5) is 0. The lowest BCUT2D eigenvalue weighted by Gasteiger charge is -2.39. The first kappa shape index (κ1) is 15.9. The van der Waals surface area contributed by atoms with Gasteiger partial charge in [0.1, 0.15) is 0 Å². The first-order valence-corrected chi connectivity index (χ1v) is 7.32. The van der Waals surface area contributed by atoms with Crippen molar-refractivity contribution in [2.45, 2.75) is 52.5 Å². The SMILES string of the molecule is COCCNC(CO)C1CCC(C(C)(C)C)CC1. The predicted molar refractivity (Wildman–Crippen MR) is 75.7 cm³/mol. The van der Waals surface area contributed by atoms with Crippen molar-refractivity contribution >= 4 is 0 Å². The van der Waals surface area contributed by atoms with Crippen molar-refractivity contribution in [3.63, 3.8) is 0 Å². The third-order valence-corrected chi connectivity index (χ3v) is 4.48. The maximum atomic E-state index is 9.50. The summed E-state index contributed by atoms with van der Waals surface area (Å²) in [5.41, 5.74) is 0.434. The maximum Gasteiger partial charge on any atom is 0.0587 e. The van der Waals surface area contributed by atoms with Crippen LogP contribution in [0.3, 0.4) is 0 Å². The van der Waals surface area contributed by atoms with E-state index in [9.17, 15) is 5.11 Å². The molecule has 0 aromatic heterocycles. The summed E-state index contributed by atoms with van der Waals surface area (Å²) in [6, 6.07) is 0.251. The highest BCUT2D eigenvalue weighted by atomic mass is 16.5. The Labute approximate surface area is 112 Å². The Kier molecular flexibility index (Phi) is 6.61. The molecule has 108 valence electrons. The van der Waals surface area contributed by atoms with Gasteiger partial charge in [-0.15, -0.1) is 0 Å². The van der Waals surface area contributed by atoms with Crippen LogP contribution in [0.4, 0.5) is 0 Å². The molecule has 1 fully saturated rings. The van der Waals surface area contributed by atoms with E-state index in [1.807, 2.05) is 0 Å². The van der Waals surface area contributed by atoms with Crippen molar-refractivity contribution in [3.8, 4) is 0 Å². The van der Waals surface area contributed by atoms with Gasteiger partial charge in [-0.05, 0) is 42.9 Å². The highest BCUT2D eigenvalue weighted by molar-refractivity contribution is 4.85. The molecule has 3 nitrogen and oxygen atoms in total. The minimum Gasteiger partial charge on any atom is -0.395 e. The average molecular weight is 257 g/mol. The number of aliphatic hydroxyl groups excluding tert-OH is 1. The zero-order valence-corrected chi connectivity index (χ0v) is 12.5. The van der Waals surface area contributed by atoms with Gasteiger partial charge in [0, 0.05) is 19.7 Å². The van der Waals surface area contributed by atoms with Gasteiger partial charge in [0.15, 0.2) is 0 Å². The van der Waals surface area contributed by atoms with E-state index in [-0.39, 0.29) is 12.6 Å². The molecular weight excluding hydrogens is 226 g/mol. The van der Waals surface area contributed by atoms with Crippen molar-refractivity contribution in [3.05, 3.63) is 0 Å². The van der Waals surface area contributed by atoms with Crippen LogP contribution in [0.5, 0.6) is 0 Å². The molecule has 1 unspecified atom stereocenters. The Morgan fingerprint density at radius 3 is 2.28 bits per heavy atom. The van der Waals surface area contributed by atoms with Crippen LogP contribution in [0.1, 0.15) is 46.5 Å². The summed E-state index contributed by atoms with van der Waals surface area (Å²) in [5.74, 6) is 1.47. The molecular formula is C15H31NO2. The molecule has 0 aromatic carbocycles. The van der Waals surface area contributed by atoms with Crippen molar-refractivity contribution in [1.29, 1.82) is 0 Å². The molecule has 0 spiro atoms. The standard InChI is InChI=1S/C15H31NO2/c1-15(2,3)13-7-5-12(6-8-13)14(11-17)16-9-10-18-4/h12-14,16-17H,5-11H2,1-4H3. The highest BCUT2D eigenvalue weighted by Gasteiger charge is 2.32. The minimum atomic E-state index is 0.245. The zero-order chi connectivity index (χ0) is 13.6. The Balaban J connectivity index is 2.35. The van der Waals surface area contributed by atoms with Gasteiger partial charge >= 0.3 is 0 Å². The first-order valence-electron chi connectivity index (χ1n) is 7.32. The van der Waals surface area contributed by atoms with E-state index in [0.717, 1.165) is 12.5 Å². The second kappa shape index (κ2) is 7.46. The molecule has 1 atom stereocenters. The van der Waals surface area contributed by atoms with Gasteiger partial charge in [-0.1, -0.05) is 20.8 Å². The molecule has 18 heavy (non-hydrogen) atoms. The van der Waals surface area contributed by atoms with E-state index in [2.05, 4.69) is 26.1 Å². The number of hydrogen-bond donors (Lipinski definition) is 2. The molecule has 0 bridgehead atoms. The first-order chi connectivity index (χ1) is 8.49. The Morgan fingerprint density at radius 2 is 1.83 bits per heavy atom. The number of hydrogen-bond acceptors (Lipinski definition) is 3. The third kappa shape index (κ3) is 4.87. The van der Waals surface area contributed by atoms with Crippen molar-refractivity contribution in [2.75, 3.05) is 26.9 Å². The molecule has 3 heteroatoms. The van der Waals surface area contributed by atoms with Crippen molar-refractivity contribution < 1.29 is 9.84 Å².